The Labute approximate surface area is 119 Å². The Bertz CT molecular complexity index is 554. The van der Waals surface area contributed by atoms with Crippen molar-refractivity contribution in [3.8, 4) is 0 Å². The molecule has 1 atom stereocenters. The van der Waals surface area contributed by atoms with E-state index in [1.54, 1.807) is 0 Å². The van der Waals surface area contributed by atoms with Crippen molar-refractivity contribution in [3.63, 3.8) is 0 Å². The summed E-state index contributed by atoms with van der Waals surface area (Å²) in [6.45, 7) is 2.29. The summed E-state index contributed by atoms with van der Waals surface area (Å²) in [4.78, 5) is 12.1. The molecule has 0 bridgehead atoms. The van der Waals surface area contributed by atoms with Crippen molar-refractivity contribution >= 4 is 5.91 Å². The van der Waals surface area contributed by atoms with Crippen molar-refractivity contribution in [3.05, 3.63) is 71.8 Å². The fraction of sp³-hybridized carbons (Fsp3) is 0.235. The Balaban J connectivity index is 2.45. The van der Waals surface area contributed by atoms with Crippen LogP contribution in [0.15, 0.2) is 60.7 Å². The summed E-state index contributed by atoms with van der Waals surface area (Å²) in [7, 11) is 0. The van der Waals surface area contributed by atoms with Crippen molar-refractivity contribution in [1.29, 1.82) is 0 Å². The first-order chi connectivity index (χ1) is 9.69. The highest BCUT2D eigenvalue weighted by Crippen LogP contribution is 2.30. The minimum Gasteiger partial charge on any atom is -0.367 e. The number of ether oxygens (including phenoxy) is 1. The summed E-state index contributed by atoms with van der Waals surface area (Å²) in [6.07, 6.45) is 0.432. The summed E-state index contributed by atoms with van der Waals surface area (Å²) in [5.41, 5.74) is 6.37. The number of amides is 1. The lowest BCUT2D eigenvalue weighted by molar-refractivity contribution is -0.144. The van der Waals surface area contributed by atoms with E-state index in [9.17, 15) is 4.79 Å². The highest BCUT2D eigenvalue weighted by atomic mass is 16.5. The van der Waals surface area contributed by atoms with Gasteiger partial charge in [0.25, 0.3) is 5.91 Å². The molecule has 0 spiro atoms. The minimum absolute atomic E-state index is 0.421. The third kappa shape index (κ3) is 2.89. The zero-order chi connectivity index (χ0) is 14.4. The van der Waals surface area contributed by atoms with Gasteiger partial charge in [0, 0.05) is 13.0 Å². The van der Waals surface area contributed by atoms with Crippen LogP contribution in [-0.2, 0) is 21.6 Å². The molecule has 0 fully saturated rings. The normalized spacial score (nSPS) is 13.7. The Kier molecular flexibility index (Phi) is 4.53. The fourth-order valence-electron chi connectivity index (χ4n) is 2.37. The molecule has 3 heteroatoms. The Hall–Kier alpha value is -2.13. The Morgan fingerprint density at radius 1 is 1.05 bits per heavy atom. The second kappa shape index (κ2) is 6.35. The largest absolute Gasteiger partial charge is 0.367 e. The van der Waals surface area contributed by atoms with Crippen LogP contribution in [0.3, 0.4) is 0 Å². The Morgan fingerprint density at radius 2 is 1.60 bits per heavy atom. The predicted octanol–water partition coefficient (Wildman–Crippen LogP) is 2.65. The molecule has 2 aromatic carbocycles. The average Bonchev–Trinajstić information content (AvgIpc) is 2.48. The first-order valence-electron chi connectivity index (χ1n) is 6.72. The lowest BCUT2D eigenvalue weighted by atomic mass is 9.86. The van der Waals surface area contributed by atoms with Crippen molar-refractivity contribution < 1.29 is 9.53 Å². The van der Waals surface area contributed by atoms with Crippen molar-refractivity contribution in [2.45, 2.75) is 18.9 Å². The number of benzene rings is 2. The molecule has 1 unspecified atom stereocenters. The molecular weight excluding hydrogens is 250 g/mol. The standard InChI is InChI=1S/C17H19NO2/c1-2-20-17(16(18)19,15-11-7-4-8-12-15)13-14-9-5-3-6-10-14/h3-12H,2,13H2,1H3,(H2,18,19). The van der Waals surface area contributed by atoms with Crippen LogP contribution in [-0.4, -0.2) is 12.5 Å². The van der Waals surface area contributed by atoms with E-state index in [0.717, 1.165) is 11.1 Å². The maximum absolute atomic E-state index is 12.1. The average molecular weight is 269 g/mol. The molecule has 0 saturated heterocycles. The first-order valence-corrected chi connectivity index (χ1v) is 6.72. The van der Waals surface area contributed by atoms with Gasteiger partial charge in [-0.15, -0.1) is 0 Å². The lowest BCUT2D eigenvalue weighted by Crippen LogP contribution is -2.45. The number of primary amides is 1. The lowest BCUT2D eigenvalue weighted by Gasteiger charge is -2.31. The first kappa shape index (κ1) is 14.3. The van der Waals surface area contributed by atoms with E-state index < -0.39 is 11.5 Å². The molecule has 104 valence electrons. The van der Waals surface area contributed by atoms with E-state index in [1.807, 2.05) is 67.6 Å². The van der Waals surface area contributed by atoms with Gasteiger partial charge in [0.2, 0.25) is 0 Å². The van der Waals surface area contributed by atoms with Gasteiger partial charge < -0.3 is 10.5 Å². The molecule has 2 aromatic rings. The summed E-state index contributed by atoms with van der Waals surface area (Å²) >= 11 is 0. The molecule has 0 saturated carbocycles. The van der Waals surface area contributed by atoms with Gasteiger partial charge in [0.15, 0.2) is 5.60 Å². The van der Waals surface area contributed by atoms with Gasteiger partial charge in [-0.2, -0.15) is 0 Å². The van der Waals surface area contributed by atoms with Gasteiger partial charge >= 0.3 is 0 Å². The molecule has 20 heavy (non-hydrogen) atoms. The number of carbonyl (C=O) groups excluding carboxylic acids is 1. The highest BCUT2D eigenvalue weighted by molar-refractivity contribution is 5.85. The van der Waals surface area contributed by atoms with Gasteiger partial charge in [-0.05, 0) is 18.1 Å². The van der Waals surface area contributed by atoms with Crippen molar-refractivity contribution in [1.82, 2.24) is 0 Å². The second-order valence-electron chi connectivity index (χ2n) is 4.65. The second-order valence-corrected chi connectivity index (χ2v) is 4.65. The van der Waals surface area contributed by atoms with Crippen LogP contribution >= 0.6 is 0 Å². The molecule has 0 aliphatic rings. The van der Waals surface area contributed by atoms with Crippen LogP contribution in [0.25, 0.3) is 0 Å². The number of nitrogens with two attached hydrogens (primary N) is 1. The quantitative estimate of drug-likeness (QED) is 0.876. The molecule has 0 heterocycles. The topological polar surface area (TPSA) is 52.3 Å². The van der Waals surface area contributed by atoms with E-state index in [1.165, 1.54) is 0 Å². The summed E-state index contributed by atoms with van der Waals surface area (Å²) in [6, 6.07) is 19.2. The molecule has 2 N–H and O–H groups in total. The van der Waals surface area contributed by atoms with Gasteiger partial charge in [0.05, 0.1) is 0 Å². The number of carbonyl (C=O) groups is 1. The summed E-state index contributed by atoms with van der Waals surface area (Å²) in [5, 5.41) is 0. The van der Waals surface area contributed by atoms with Crippen LogP contribution < -0.4 is 5.73 Å². The Morgan fingerprint density at radius 3 is 2.10 bits per heavy atom. The van der Waals surface area contributed by atoms with Gasteiger partial charge in [-0.1, -0.05) is 60.7 Å². The highest BCUT2D eigenvalue weighted by Gasteiger charge is 2.39. The third-order valence-electron chi connectivity index (χ3n) is 3.32. The zero-order valence-corrected chi connectivity index (χ0v) is 11.6. The summed E-state index contributed by atoms with van der Waals surface area (Å²) in [5.74, 6) is -0.464. The molecule has 0 radical (unpaired) electrons. The van der Waals surface area contributed by atoms with E-state index in [4.69, 9.17) is 10.5 Å². The predicted molar refractivity (Wildman–Crippen MR) is 79.1 cm³/mol. The van der Waals surface area contributed by atoms with Crippen molar-refractivity contribution in [2.75, 3.05) is 6.61 Å². The van der Waals surface area contributed by atoms with Gasteiger partial charge in [-0.3, -0.25) is 4.79 Å². The van der Waals surface area contributed by atoms with E-state index in [2.05, 4.69) is 0 Å². The SMILES string of the molecule is CCOC(Cc1ccccc1)(C(N)=O)c1ccccc1. The molecule has 1 amide bonds. The smallest absolute Gasteiger partial charge is 0.254 e. The van der Waals surface area contributed by atoms with Gasteiger partial charge in [-0.25, -0.2) is 0 Å². The van der Waals surface area contributed by atoms with E-state index >= 15 is 0 Å². The van der Waals surface area contributed by atoms with Crippen LogP contribution in [0, 0.1) is 0 Å². The molecule has 3 nitrogen and oxygen atoms in total. The van der Waals surface area contributed by atoms with E-state index in [0.29, 0.717) is 13.0 Å². The van der Waals surface area contributed by atoms with Crippen molar-refractivity contribution in [2.24, 2.45) is 5.73 Å². The van der Waals surface area contributed by atoms with Crippen LogP contribution in [0.2, 0.25) is 0 Å². The van der Waals surface area contributed by atoms with Crippen LogP contribution in [0.1, 0.15) is 18.1 Å². The minimum atomic E-state index is -1.11. The van der Waals surface area contributed by atoms with Crippen LogP contribution in [0.5, 0.6) is 0 Å². The number of hydrogen-bond acceptors (Lipinski definition) is 2. The zero-order valence-electron chi connectivity index (χ0n) is 11.6. The molecular formula is C17H19NO2. The number of hydrogen-bond donors (Lipinski definition) is 1. The van der Waals surface area contributed by atoms with Gasteiger partial charge in [0.1, 0.15) is 0 Å². The monoisotopic (exact) mass is 269 g/mol. The molecule has 0 aromatic heterocycles. The maximum Gasteiger partial charge on any atom is 0.254 e. The maximum atomic E-state index is 12.1. The summed E-state index contributed by atoms with van der Waals surface area (Å²) < 4.78 is 5.81. The molecule has 2 rings (SSSR count). The number of rotatable bonds is 6. The van der Waals surface area contributed by atoms with E-state index in [-0.39, 0.29) is 0 Å². The van der Waals surface area contributed by atoms with Crippen LogP contribution in [0.4, 0.5) is 0 Å². The molecule has 0 aliphatic heterocycles. The molecule has 0 aliphatic carbocycles. The fourth-order valence-corrected chi connectivity index (χ4v) is 2.37. The third-order valence-corrected chi connectivity index (χ3v) is 3.32.